The summed E-state index contributed by atoms with van der Waals surface area (Å²) in [5.74, 6) is 8.21. The zero-order valence-electron chi connectivity index (χ0n) is 11.5. The van der Waals surface area contributed by atoms with Crippen LogP contribution in [0.15, 0.2) is 0 Å². The van der Waals surface area contributed by atoms with E-state index < -0.39 is 0 Å². The summed E-state index contributed by atoms with van der Waals surface area (Å²) in [6, 6.07) is 0.661. The Morgan fingerprint density at radius 1 is 1.33 bits per heavy atom. The van der Waals surface area contributed by atoms with Gasteiger partial charge in [0.2, 0.25) is 0 Å². The van der Waals surface area contributed by atoms with Crippen molar-refractivity contribution in [3.8, 4) is 0 Å². The maximum absolute atomic E-state index is 5.55. The molecule has 5 heteroatoms. The van der Waals surface area contributed by atoms with Gasteiger partial charge in [-0.3, -0.25) is 0 Å². The van der Waals surface area contributed by atoms with E-state index in [0.717, 1.165) is 42.4 Å². The molecule has 1 fully saturated rings. The highest BCUT2D eigenvalue weighted by molar-refractivity contribution is 5.59. The van der Waals surface area contributed by atoms with Crippen molar-refractivity contribution >= 4 is 11.6 Å². The summed E-state index contributed by atoms with van der Waals surface area (Å²) < 4.78 is 0. The largest absolute Gasteiger partial charge is 0.353 e. The smallest absolute Gasteiger partial charge is 0.148 e. The van der Waals surface area contributed by atoms with Crippen LogP contribution in [0.4, 0.5) is 11.6 Å². The molecule has 100 valence electrons. The van der Waals surface area contributed by atoms with E-state index in [0.29, 0.717) is 6.04 Å². The Hall–Kier alpha value is -1.36. The van der Waals surface area contributed by atoms with Gasteiger partial charge >= 0.3 is 0 Å². The molecule has 0 amide bonds. The minimum Gasteiger partial charge on any atom is -0.353 e. The Bertz CT molecular complexity index is 414. The van der Waals surface area contributed by atoms with Crippen LogP contribution in [0.3, 0.4) is 0 Å². The fourth-order valence-electron chi connectivity index (χ4n) is 2.22. The molecule has 0 aliphatic heterocycles. The summed E-state index contributed by atoms with van der Waals surface area (Å²) in [4.78, 5) is 11.5. The second-order valence-corrected chi connectivity index (χ2v) is 4.86. The molecule has 0 unspecified atom stereocenters. The predicted molar refractivity (Wildman–Crippen MR) is 74.6 cm³/mol. The Kier molecular flexibility index (Phi) is 4.01. The minimum absolute atomic E-state index is 0.661. The van der Waals surface area contributed by atoms with E-state index in [1.54, 1.807) is 0 Å². The van der Waals surface area contributed by atoms with E-state index >= 15 is 0 Å². The third-order valence-corrected chi connectivity index (χ3v) is 3.34. The van der Waals surface area contributed by atoms with E-state index in [4.69, 9.17) is 10.8 Å². The van der Waals surface area contributed by atoms with Crippen molar-refractivity contribution < 1.29 is 0 Å². The van der Waals surface area contributed by atoms with Crippen LogP contribution < -0.4 is 16.2 Å². The van der Waals surface area contributed by atoms with Crippen molar-refractivity contribution in [2.75, 3.05) is 16.9 Å². The molecule has 1 saturated carbocycles. The van der Waals surface area contributed by atoms with E-state index in [1.165, 1.54) is 12.8 Å². The quantitative estimate of drug-likeness (QED) is 0.596. The van der Waals surface area contributed by atoms with Crippen molar-refractivity contribution in [2.45, 2.75) is 52.5 Å². The predicted octanol–water partition coefficient (Wildman–Crippen LogP) is 2.01. The highest BCUT2D eigenvalue weighted by Gasteiger charge is 2.31. The van der Waals surface area contributed by atoms with Gasteiger partial charge in [-0.2, -0.15) is 0 Å². The number of nitrogens with one attached hydrogen (secondary N) is 1. The summed E-state index contributed by atoms with van der Waals surface area (Å²) in [6.07, 6.45) is 4.51. The molecular weight excluding hydrogens is 226 g/mol. The van der Waals surface area contributed by atoms with Crippen LogP contribution in [0.25, 0.3) is 0 Å². The Balaban J connectivity index is 2.39. The van der Waals surface area contributed by atoms with E-state index in [2.05, 4.69) is 29.2 Å². The topological polar surface area (TPSA) is 67.1 Å². The van der Waals surface area contributed by atoms with Crippen LogP contribution in [0, 0.1) is 6.92 Å². The molecule has 1 heterocycles. The fourth-order valence-corrected chi connectivity index (χ4v) is 2.22. The summed E-state index contributed by atoms with van der Waals surface area (Å²) in [5.41, 5.74) is 3.74. The molecule has 0 spiro atoms. The van der Waals surface area contributed by atoms with Gasteiger partial charge in [0.15, 0.2) is 0 Å². The molecule has 0 aromatic carbocycles. The molecule has 0 radical (unpaired) electrons. The maximum atomic E-state index is 5.55. The number of nitrogens with two attached hydrogens (primary N) is 1. The first-order valence-corrected chi connectivity index (χ1v) is 6.82. The Morgan fingerprint density at radius 2 is 2.06 bits per heavy atom. The number of nitrogens with zero attached hydrogens (tertiary/aromatic N) is 3. The molecule has 18 heavy (non-hydrogen) atoms. The van der Waals surface area contributed by atoms with Crippen LogP contribution in [0.1, 0.15) is 44.5 Å². The lowest BCUT2D eigenvalue weighted by molar-refractivity contribution is 0.738. The van der Waals surface area contributed by atoms with Gasteiger partial charge in [0.05, 0.1) is 0 Å². The first-order chi connectivity index (χ1) is 8.71. The number of rotatable bonds is 6. The van der Waals surface area contributed by atoms with Crippen molar-refractivity contribution in [1.29, 1.82) is 0 Å². The summed E-state index contributed by atoms with van der Waals surface area (Å²) in [5, 5.41) is 0. The van der Waals surface area contributed by atoms with Gasteiger partial charge in [0, 0.05) is 24.6 Å². The van der Waals surface area contributed by atoms with Crippen LogP contribution in [-0.4, -0.2) is 22.6 Å². The number of hydrogen-bond acceptors (Lipinski definition) is 5. The van der Waals surface area contributed by atoms with Crippen LogP contribution in [0.5, 0.6) is 0 Å². The van der Waals surface area contributed by atoms with Crippen molar-refractivity contribution in [3.63, 3.8) is 0 Å². The van der Waals surface area contributed by atoms with Gasteiger partial charge in [-0.05, 0) is 26.2 Å². The molecule has 0 atom stereocenters. The Morgan fingerprint density at radius 3 is 2.56 bits per heavy atom. The average molecular weight is 249 g/mol. The molecule has 1 aliphatic carbocycles. The number of aromatic nitrogens is 2. The highest BCUT2D eigenvalue weighted by Crippen LogP contribution is 2.34. The van der Waals surface area contributed by atoms with E-state index in [9.17, 15) is 0 Å². The molecule has 5 nitrogen and oxygen atoms in total. The summed E-state index contributed by atoms with van der Waals surface area (Å²) >= 11 is 0. The first-order valence-electron chi connectivity index (χ1n) is 6.82. The lowest BCUT2D eigenvalue weighted by Gasteiger charge is -2.25. The number of hydrogen-bond donors (Lipinski definition) is 2. The van der Waals surface area contributed by atoms with Crippen molar-refractivity contribution in [2.24, 2.45) is 5.84 Å². The van der Waals surface area contributed by atoms with Gasteiger partial charge in [-0.1, -0.05) is 13.8 Å². The molecule has 2 rings (SSSR count). The maximum Gasteiger partial charge on any atom is 0.148 e. The molecular formula is C13H23N5. The van der Waals surface area contributed by atoms with Crippen molar-refractivity contribution in [3.05, 3.63) is 11.4 Å². The summed E-state index contributed by atoms with van der Waals surface area (Å²) in [6.45, 7) is 7.36. The number of nitrogen functional groups attached to an aromatic ring is 1. The third kappa shape index (κ3) is 2.56. The van der Waals surface area contributed by atoms with Crippen LogP contribution in [-0.2, 0) is 6.42 Å². The lowest BCUT2D eigenvalue weighted by atomic mass is 10.2. The normalized spacial score (nSPS) is 14.7. The monoisotopic (exact) mass is 249 g/mol. The molecule has 0 saturated heterocycles. The molecule has 3 N–H and O–H groups in total. The summed E-state index contributed by atoms with van der Waals surface area (Å²) in [7, 11) is 0. The lowest BCUT2D eigenvalue weighted by Crippen LogP contribution is -2.29. The minimum atomic E-state index is 0.661. The second-order valence-electron chi connectivity index (χ2n) is 4.86. The standard InChI is InChI=1S/C13H23N5/c1-4-8-18(10-6-7-10)13-9(3)12(17-14)15-11(5-2)16-13/h10H,4-8,14H2,1-3H3,(H,15,16,17). The van der Waals surface area contributed by atoms with Gasteiger partial charge in [0.25, 0.3) is 0 Å². The molecule has 0 bridgehead atoms. The van der Waals surface area contributed by atoms with Crippen LogP contribution >= 0.6 is 0 Å². The third-order valence-electron chi connectivity index (χ3n) is 3.34. The second kappa shape index (κ2) is 5.52. The SMILES string of the molecule is CCCN(c1nc(CC)nc(NN)c1C)C1CC1. The number of anilines is 2. The van der Waals surface area contributed by atoms with Crippen molar-refractivity contribution in [1.82, 2.24) is 9.97 Å². The zero-order valence-corrected chi connectivity index (χ0v) is 11.5. The fraction of sp³-hybridized carbons (Fsp3) is 0.692. The van der Waals surface area contributed by atoms with Gasteiger partial charge in [-0.15, -0.1) is 0 Å². The molecule has 1 aromatic rings. The average Bonchev–Trinajstić information content (AvgIpc) is 3.21. The van der Waals surface area contributed by atoms with Crippen LogP contribution in [0.2, 0.25) is 0 Å². The van der Waals surface area contributed by atoms with Gasteiger partial charge < -0.3 is 10.3 Å². The van der Waals surface area contributed by atoms with Gasteiger partial charge in [-0.25, -0.2) is 15.8 Å². The highest BCUT2D eigenvalue weighted by atomic mass is 15.3. The van der Waals surface area contributed by atoms with Gasteiger partial charge in [0.1, 0.15) is 17.5 Å². The Labute approximate surface area is 109 Å². The molecule has 1 aliphatic rings. The molecule has 1 aromatic heterocycles. The first kappa shape index (κ1) is 13.1. The van der Waals surface area contributed by atoms with E-state index in [1.807, 2.05) is 6.92 Å². The van der Waals surface area contributed by atoms with E-state index in [-0.39, 0.29) is 0 Å². The number of aryl methyl sites for hydroxylation is 1. The number of hydrazine groups is 1. The zero-order chi connectivity index (χ0) is 13.1.